The van der Waals surface area contributed by atoms with E-state index >= 15 is 0 Å². The van der Waals surface area contributed by atoms with Gasteiger partial charge in [-0.15, -0.1) is 0 Å². The molecule has 3 aromatic carbocycles. The van der Waals surface area contributed by atoms with Gasteiger partial charge in [0.25, 0.3) is 5.91 Å². The Labute approximate surface area is 195 Å². The largest absolute Gasteiger partial charge is 0.350 e. The van der Waals surface area contributed by atoms with Crippen LogP contribution in [-0.2, 0) is 17.9 Å². The fourth-order valence-corrected chi connectivity index (χ4v) is 4.28. The van der Waals surface area contributed by atoms with Gasteiger partial charge in [-0.3, -0.25) is 14.5 Å². The van der Waals surface area contributed by atoms with E-state index < -0.39 is 6.04 Å². The zero-order valence-electron chi connectivity index (χ0n) is 18.9. The summed E-state index contributed by atoms with van der Waals surface area (Å²) in [5.74, 6) is -0.497. The highest BCUT2D eigenvalue weighted by atomic mass is 16.2. The number of nitrogens with zero attached hydrogens (tertiary/aromatic N) is 1. The Balaban J connectivity index is 1.46. The monoisotopic (exact) mass is 441 g/mol. The minimum atomic E-state index is -0.770. The normalized spacial score (nSPS) is 14.9. The number of carbonyl (C=O) groups is 2. The Kier molecular flexibility index (Phi) is 7.88. The van der Waals surface area contributed by atoms with E-state index in [0.717, 1.165) is 30.8 Å². The number of hydrogen-bond donors (Lipinski definition) is 2. The summed E-state index contributed by atoms with van der Waals surface area (Å²) in [6, 6.07) is 25.8. The zero-order chi connectivity index (χ0) is 22.9. The molecule has 1 atom stereocenters. The van der Waals surface area contributed by atoms with Crippen LogP contribution in [0.5, 0.6) is 0 Å². The van der Waals surface area contributed by atoms with Gasteiger partial charge in [-0.1, -0.05) is 79.2 Å². The molecule has 2 amide bonds. The molecule has 0 spiro atoms. The van der Waals surface area contributed by atoms with Crippen LogP contribution in [0.15, 0.2) is 84.9 Å². The molecule has 1 aliphatic rings. The lowest BCUT2D eigenvalue weighted by Crippen LogP contribution is -2.40. The average molecular weight is 442 g/mol. The highest BCUT2D eigenvalue weighted by Crippen LogP contribution is 2.18. The van der Waals surface area contributed by atoms with Crippen LogP contribution in [-0.4, -0.2) is 29.8 Å². The third-order valence-corrected chi connectivity index (χ3v) is 6.12. The molecule has 0 saturated carbocycles. The van der Waals surface area contributed by atoms with E-state index in [1.54, 1.807) is 12.1 Å². The van der Waals surface area contributed by atoms with E-state index in [9.17, 15) is 9.59 Å². The highest BCUT2D eigenvalue weighted by Gasteiger charge is 2.23. The number of piperidine rings is 1. The van der Waals surface area contributed by atoms with Gasteiger partial charge in [-0.05, 0) is 54.8 Å². The van der Waals surface area contributed by atoms with Crippen molar-refractivity contribution in [2.45, 2.75) is 38.4 Å². The van der Waals surface area contributed by atoms with E-state index in [-0.39, 0.29) is 11.8 Å². The van der Waals surface area contributed by atoms with Gasteiger partial charge in [0.05, 0.1) is 0 Å². The first kappa shape index (κ1) is 22.7. The molecule has 5 heteroatoms. The lowest BCUT2D eigenvalue weighted by Gasteiger charge is -2.27. The molecule has 170 valence electrons. The van der Waals surface area contributed by atoms with E-state index in [1.807, 2.05) is 54.6 Å². The number of carbonyl (C=O) groups excluding carboxylic acids is 2. The molecule has 5 nitrogen and oxygen atoms in total. The number of benzene rings is 3. The quantitative estimate of drug-likeness (QED) is 0.543. The first-order valence-electron chi connectivity index (χ1n) is 11.7. The Hall–Kier alpha value is -3.44. The highest BCUT2D eigenvalue weighted by molar-refractivity contribution is 5.97. The van der Waals surface area contributed by atoms with Crippen LogP contribution >= 0.6 is 0 Å². The maximum Gasteiger partial charge on any atom is 0.252 e. The summed E-state index contributed by atoms with van der Waals surface area (Å²) in [5, 5.41) is 5.97. The van der Waals surface area contributed by atoms with Crippen LogP contribution < -0.4 is 10.6 Å². The van der Waals surface area contributed by atoms with Gasteiger partial charge in [0.15, 0.2) is 0 Å². The molecule has 1 unspecified atom stereocenters. The predicted molar refractivity (Wildman–Crippen MR) is 131 cm³/mol. The van der Waals surface area contributed by atoms with Crippen molar-refractivity contribution < 1.29 is 9.59 Å². The van der Waals surface area contributed by atoms with Crippen molar-refractivity contribution in [2.75, 3.05) is 13.1 Å². The van der Waals surface area contributed by atoms with Crippen LogP contribution in [0.2, 0.25) is 0 Å². The summed E-state index contributed by atoms with van der Waals surface area (Å²) in [6.07, 6.45) is 3.81. The number of hydrogen-bond acceptors (Lipinski definition) is 3. The van der Waals surface area contributed by atoms with Gasteiger partial charge in [0, 0.05) is 18.7 Å². The van der Waals surface area contributed by atoms with Crippen molar-refractivity contribution in [2.24, 2.45) is 0 Å². The van der Waals surface area contributed by atoms with Crippen LogP contribution in [0.1, 0.15) is 52.4 Å². The fraction of sp³-hybridized carbons (Fsp3) is 0.286. The van der Waals surface area contributed by atoms with Crippen LogP contribution in [0.25, 0.3) is 0 Å². The van der Waals surface area contributed by atoms with Crippen LogP contribution in [0.4, 0.5) is 0 Å². The van der Waals surface area contributed by atoms with E-state index in [1.165, 1.54) is 24.8 Å². The summed E-state index contributed by atoms with van der Waals surface area (Å²) >= 11 is 0. The van der Waals surface area contributed by atoms with Gasteiger partial charge >= 0.3 is 0 Å². The summed E-state index contributed by atoms with van der Waals surface area (Å²) in [5.41, 5.74) is 3.63. The van der Waals surface area contributed by atoms with E-state index in [0.29, 0.717) is 12.1 Å². The summed E-state index contributed by atoms with van der Waals surface area (Å²) < 4.78 is 0. The van der Waals surface area contributed by atoms with Gasteiger partial charge in [0.2, 0.25) is 5.91 Å². The van der Waals surface area contributed by atoms with E-state index in [4.69, 9.17) is 0 Å². The standard InChI is InChI=1S/C28H31N3O2/c32-27(23-14-6-2-7-15-23)30-26(22-12-4-1-5-13-22)28(33)29-20-24-16-8-9-17-25(24)21-31-18-10-3-11-19-31/h1-2,4-9,12-17,26H,3,10-11,18-21H2,(H,29,33)(H,30,32). The molecule has 4 rings (SSSR count). The molecular formula is C28H31N3O2. The molecule has 1 heterocycles. The smallest absolute Gasteiger partial charge is 0.252 e. The fourth-order valence-electron chi connectivity index (χ4n) is 4.28. The molecule has 0 radical (unpaired) electrons. The minimum absolute atomic E-state index is 0.224. The summed E-state index contributed by atoms with van der Waals surface area (Å²) in [6.45, 7) is 3.58. The number of nitrogens with one attached hydrogen (secondary N) is 2. The first-order chi connectivity index (χ1) is 16.2. The third-order valence-electron chi connectivity index (χ3n) is 6.12. The molecule has 33 heavy (non-hydrogen) atoms. The Morgan fingerprint density at radius 2 is 1.36 bits per heavy atom. The first-order valence-corrected chi connectivity index (χ1v) is 11.7. The Bertz CT molecular complexity index is 1050. The SMILES string of the molecule is O=C(NC(C(=O)NCc1ccccc1CN1CCCCC1)c1ccccc1)c1ccccc1. The lowest BCUT2D eigenvalue weighted by molar-refractivity contribution is -0.123. The van der Waals surface area contributed by atoms with Gasteiger partial charge in [-0.2, -0.15) is 0 Å². The van der Waals surface area contributed by atoms with Crippen molar-refractivity contribution in [1.82, 2.24) is 15.5 Å². The molecule has 0 aliphatic carbocycles. The van der Waals surface area contributed by atoms with Crippen molar-refractivity contribution in [3.63, 3.8) is 0 Å². The summed E-state index contributed by atoms with van der Waals surface area (Å²) in [7, 11) is 0. The second-order valence-electron chi connectivity index (χ2n) is 8.51. The van der Waals surface area contributed by atoms with Gasteiger partial charge in [-0.25, -0.2) is 0 Å². The number of rotatable bonds is 8. The maximum absolute atomic E-state index is 13.2. The Morgan fingerprint density at radius 3 is 2.06 bits per heavy atom. The van der Waals surface area contributed by atoms with Crippen molar-refractivity contribution in [3.8, 4) is 0 Å². The van der Waals surface area contributed by atoms with E-state index in [2.05, 4.69) is 33.7 Å². The third kappa shape index (κ3) is 6.30. The molecule has 3 aromatic rings. The number of amides is 2. The molecule has 2 N–H and O–H groups in total. The van der Waals surface area contributed by atoms with Crippen molar-refractivity contribution in [1.29, 1.82) is 0 Å². The van der Waals surface area contributed by atoms with Gasteiger partial charge < -0.3 is 10.6 Å². The van der Waals surface area contributed by atoms with Crippen molar-refractivity contribution >= 4 is 11.8 Å². The number of likely N-dealkylation sites (tertiary alicyclic amines) is 1. The molecule has 0 bridgehead atoms. The molecule has 1 saturated heterocycles. The molecular weight excluding hydrogens is 410 g/mol. The van der Waals surface area contributed by atoms with Gasteiger partial charge in [0.1, 0.15) is 6.04 Å². The second kappa shape index (κ2) is 11.4. The molecule has 1 aliphatic heterocycles. The van der Waals surface area contributed by atoms with Crippen LogP contribution in [0.3, 0.4) is 0 Å². The molecule has 1 fully saturated rings. The molecule has 0 aromatic heterocycles. The topological polar surface area (TPSA) is 61.4 Å². The second-order valence-corrected chi connectivity index (χ2v) is 8.51. The zero-order valence-corrected chi connectivity index (χ0v) is 18.9. The average Bonchev–Trinajstić information content (AvgIpc) is 2.88. The summed E-state index contributed by atoms with van der Waals surface area (Å²) in [4.78, 5) is 28.5. The minimum Gasteiger partial charge on any atom is -0.350 e. The van der Waals surface area contributed by atoms with Crippen LogP contribution in [0, 0.1) is 0 Å². The predicted octanol–water partition coefficient (Wildman–Crippen LogP) is 4.46. The maximum atomic E-state index is 13.2. The lowest BCUT2D eigenvalue weighted by atomic mass is 10.0. The Morgan fingerprint density at radius 1 is 0.758 bits per heavy atom. The van der Waals surface area contributed by atoms with Crippen molar-refractivity contribution in [3.05, 3.63) is 107 Å².